The molecule has 1 N–H and O–H groups in total. The summed E-state index contributed by atoms with van der Waals surface area (Å²) in [6.07, 6.45) is 5.55. The zero-order valence-corrected chi connectivity index (χ0v) is 14.3. The Balaban J connectivity index is 2.10. The minimum absolute atomic E-state index is 0.0948. The fraction of sp³-hybridized carbons (Fsp3) is 0.600. The molecule has 22 heavy (non-hydrogen) atoms. The maximum atomic E-state index is 12.3. The highest BCUT2D eigenvalue weighted by molar-refractivity contribution is 7.91. The van der Waals surface area contributed by atoms with Crippen LogP contribution in [0.25, 0.3) is 0 Å². The van der Waals surface area contributed by atoms with E-state index >= 15 is 0 Å². The number of hydrogen-bond acceptors (Lipinski definition) is 5. The Hall–Kier alpha value is -0.920. The topological polar surface area (TPSA) is 88.5 Å². The van der Waals surface area contributed by atoms with Crippen molar-refractivity contribution in [3.8, 4) is 0 Å². The first-order chi connectivity index (χ1) is 10.1. The van der Waals surface area contributed by atoms with Crippen molar-refractivity contribution in [1.29, 1.82) is 0 Å². The average molecular weight is 346 g/mol. The Labute approximate surface area is 132 Å². The predicted molar refractivity (Wildman–Crippen MR) is 84.3 cm³/mol. The second-order valence-electron chi connectivity index (χ2n) is 6.10. The third-order valence-electron chi connectivity index (χ3n) is 4.23. The lowest BCUT2D eigenvalue weighted by molar-refractivity contribution is 0.00137. The minimum Gasteiger partial charge on any atom is -0.390 e. The van der Waals surface area contributed by atoms with E-state index in [1.165, 1.54) is 24.3 Å². The van der Waals surface area contributed by atoms with Crippen LogP contribution in [0.3, 0.4) is 0 Å². The van der Waals surface area contributed by atoms with Crippen LogP contribution in [0.1, 0.15) is 38.5 Å². The lowest BCUT2D eigenvalue weighted by Gasteiger charge is -2.31. The molecule has 1 fully saturated rings. The molecule has 0 atom stereocenters. The molecular weight excluding hydrogens is 324 g/mol. The molecule has 124 valence electrons. The molecule has 0 spiro atoms. The van der Waals surface area contributed by atoms with Gasteiger partial charge in [-0.05, 0) is 43.5 Å². The van der Waals surface area contributed by atoms with E-state index in [9.17, 15) is 21.9 Å². The largest absolute Gasteiger partial charge is 0.390 e. The molecule has 1 aromatic carbocycles. The van der Waals surface area contributed by atoms with E-state index in [0.717, 1.165) is 25.5 Å². The lowest BCUT2D eigenvalue weighted by atomic mass is 9.83. The SMILES string of the molecule is CS(=O)(=O)c1ccc(S(=O)(=O)CCC2(O)CCCCC2)cc1. The molecule has 7 heteroatoms. The summed E-state index contributed by atoms with van der Waals surface area (Å²) >= 11 is 0. The summed E-state index contributed by atoms with van der Waals surface area (Å²) in [5, 5.41) is 10.4. The van der Waals surface area contributed by atoms with E-state index in [1.54, 1.807) is 0 Å². The molecule has 2 rings (SSSR count). The van der Waals surface area contributed by atoms with Crippen LogP contribution in [0.15, 0.2) is 34.1 Å². The van der Waals surface area contributed by atoms with Gasteiger partial charge in [0.1, 0.15) is 0 Å². The first-order valence-corrected chi connectivity index (χ1v) is 10.9. The zero-order chi connectivity index (χ0) is 16.4. The molecule has 1 saturated carbocycles. The van der Waals surface area contributed by atoms with Crippen molar-refractivity contribution < 1.29 is 21.9 Å². The van der Waals surface area contributed by atoms with Crippen LogP contribution in [0.4, 0.5) is 0 Å². The summed E-state index contributed by atoms with van der Waals surface area (Å²) in [7, 11) is -6.85. The lowest BCUT2D eigenvalue weighted by Crippen LogP contribution is -2.33. The fourth-order valence-corrected chi connectivity index (χ4v) is 4.86. The van der Waals surface area contributed by atoms with Gasteiger partial charge in [-0.1, -0.05) is 19.3 Å². The summed E-state index contributed by atoms with van der Waals surface area (Å²) < 4.78 is 47.4. The maximum absolute atomic E-state index is 12.3. The van der Waals surface area contributed by atoms with Crippen LogP contribution >= 0.6 is 0 Å². The van der Waals surface area contributed by atoms with Gasteiger partial charge in [-0.15, -0.1) is 0 Å². The van der Waals surface area contributed by atoms with Crippen molar-refractivity contribution in [1.82, 2.24) is 0 Å². The number of rotatable bonds is 5. The molecule has 0 radical (unpaired) electrons. The summed E-state index contributed by atoms with van der Waals surface area (Å²) in [5.41, 5.74) is -0.877. The monoisotopic (exact) mass is 346 g/mol. The molecule has 1 aliphatic rings. The number of benzene rings is 1. The fourth-order valence-electron chi connectivity index (χ4n) is 2.80. The van der Waals surface area contributed by atoms with Gasteiger partial charge in [-0.3, -0.25) is 0 Å². The van der Waals surface area contributed by atoms with Crippen molar-refractivity contribution in [2.24, 2.45) is 0 Å². The Kier molecular flexibility index (Phi) is 4.99. The molecule has 0 saturated heterocycles. The van der Waals surface area contributed by atoms with Crippen LogP contribution in [0.5, 0.6) is 0 Å². The van der Waals surface area contributed by atoms with Gasteiger partial charge in [0.05, 0.1) is 21.1 Å². The molecule has 0 aliphatic heterocycles. The highest BCUT2D eigenvalue weighted by Crippen LogP contribution is 2.31. The molecular formula is C15H22O5S2. The van der Waals surface area contributed by atoms with Crippen molar-refractivity contribution in [3.05, 3.63) is 24.3 Å². The van der Waals surface area contributed by atoms with Crippen molar-refractivity contribution >= 4 is 19.7 Å². The van der Waals surface area contributed by atoms with E-state index in [4.69, 9.17) is 0 Å². The summed E-state index contributed by atoms with van der Waals surface area (Å²) in [6, 6.07) is 5.24. The summed E-state index contributed by atoms with van der Waals surface area (Å²) in [4.78, 5) is 0.191. The Bertz CT molecular complexity index is 712. The number of sulfone groups is 2. The quantitative estimate of drug-likeness (QED) is 0.880. The highest BCUT2D eigenvalue weighted by Gasteiger charge is 2.31. The molecule has 0 heterocycles. The van der Waals surface area contributed by atoms with Gasteiger partial charge < -0.3 is 5.11 Å². The smallest absolute Gasteiger partial charge is 0.178 e. The van der Waals surface area contributed by atoms with E-state index in [0.29, 0.717) is 12.8 Å². The number of hydrogen-bond donors (Lipinski definition) is 1. The third-order valence-corrected chi connectivity index (χ3v) is 7.09. The summed E-state index contributed by atoms with van der Waals surface area (Å²) in [5.74, 6) is -0.123. The molecule has 5 nitrogen and oxygen atoms in total. The van der Waals surface area contributed by atoms with Gasteiger partial charge in [0.15, 0.2) is 19.7 Å². The second kappa shape index (κ2) is 6.29. The normalized spacial score (nSPS) is 19.0. The van der Waals surface area contributed by atoms with E-state index < -0.39 is 25.3 Å². The Morgan fingerprint density at radius 3 is 1.95 bits per heavy atom. The molecule has 1 aromatic rings. The van der Waals surface area contributed by atoms with Crippen LogP contribution in [-0.4, -0.2) is 39.6 Å². The zero-order valence-electron chi connectivity index (χ0n) is 12.7. The molecule has 0 amide bonds. The molecule has 0 bridgehead atoms. The first-order valence-electron chi connectivity index (χ1n) is 7.38. The first kappa shape index (κ1) is 17.4. The van der Waals surface area contributed by atoms with Gasteiger partial charge in [0.2, 0.25) is 0 Å². The van der Waals surface area contributed by atoms with Gasteiger partial charge in [-0.25, -0.2) is 16.8 Å². The van der Waals surface area contributed by atoms with Crippen molar-refractivity contribution in [2.75, 3.05) is 12.0 Å². The van der Waals surface area contributed by atoms with Crippen molar-refractivity contribution in [2.45, 2.75) is 53.9 Å². The standard InChI is InChI=1S/C15H22O5S2/c1-21(17,18)13-5-7-14(8-6-13)22(19,20)12-11-15(16)9-3-2-4-10-15/h5-8,16H,2-4,9-12H2,1H3. The third kappa shape index (κ3) is 4.30. The van der Waals surface area contributed by atoms with E-state index in [-0.39, 0.29) is 22.0 Å². The number of aliphatic hydroxyl groups is 1. The van der Waals surface area contributed by atoms with Crippen molar-refractivity contribution in [3.63, 3.8) is 0 Å². The Morgan fingerprint density at radius 1 is 0.955 bits per heavy atom. The van der Waals surface area contributed by atoms with Crippen LogP contribution in [0, 0.1) is 0 Å². The maximum Gasteiger partial charge on any atom is 0.178 e. The van der Waals surface area contributed by atoms with Crippen LogP contribution < -0.4 is 0 Å². The van der Waals surface area contributed by atoms with Gasteiger partial charge in [-0.2, -0.15) is 0 Å². The average Bonchev–Trinajstić information content (AvgIpc) is 2.46. The second-order valence-corrected chi connectivity index (χ2v) is 10.2. The van der Waals surface area contributed by atoms with Gasteiger partial charge in [0.25, 0.3) is 0 Å². The van der Waals surface area contributed by atoms with Crippen LogP contribution in [-0.2, 0) is 19.7 Å². The van der Waals surface area contributed by atoms with E-state index in [1.807, 2.05) is 0 Å². The van der Waals surface area contributed by atoms with Gasteiger partial charge in [0, 0.05) is 6.26 Å². The van der Waals surface area contributed by atoms with Gasteiger partial charge >= 0.3 is 0 Å². The minimum atomic E-state index is -3.51. The molecule has 0 unspecified atom stereocenters. The predicted octanol–water partition coefficient (Wildman–Crippen LogP) is 1.95. The summed E-state index contributed by atoms with van der Waals surface area (Å²) in [6.45, 7) is 0. The highest BCUT2D eigenvalue weighted by atomic mass is 32.2. The molecule has 1 aliphatic carbocycles. The van der Waals surface area contributed by atoms with E-state index in [2.05, 4.69) is 0 Å². The Morgan fingerprint density at radius 2 is 1.45 bits per heavy atom. The van der Waals surface area contributed by atoms with Crippen LogP contribution in [0.2, 0.25) is 0 Å². The molecule has 0 aromatic heterocycles.